The molecule has 1 amide bonds. The summed E-state index contributed by atoms with van der Waals surface area (Å²) in [5, 5.41) is 3.69. The molecule has 2 fully saturated rings. The smallest absolute Gasteiger partial charge is 0.258 e. The van der Waals surface area contributed by atoms with Crippen LogP contribution < -0.4 is 10.1 Å². The fourth-order valence-corrected chi connectivity index (χ4v) is 3.22. The molecule has 0 unspecified atom stereocenters. The summed E-state index contributed by atoms with van der Waals surface area (Å²) in [5.41, 5.74) is 0. The first-order valence-corrected chi connectivity index (χ1v) is 8.01. The summed E-state index contributed by atoms with van der Waals surface area (Å²) in [5.74, 6) is 0.555. The number of carbonyl (C=O) groups is 1. The fourth-order valence-electron chi connectivity index (χ4n) is 3.09. The summed E-state index contributed by atoms with van der Waals surface area (Å²) in [7, 11) is 0. The third-order valence-electron chi connectivity index (χ3n) is 4.14. The van der Waals surface area contributed by atoms with Gasteiger partial charge in [-0.3, -0.25) is 9.69 Å². The van der Waals surface area contributed by atoms with Gasteiger partial charge in [-0.15, -0.1) is 0 Å². The van der Waals surface area contributed by atoms with E-state index in [9.17, 15) is 4.79 Å². The second-order valence-electron chi connectivity index (χ2n) is 5.99. The van der Waals surface area contributed by atoms with Crippen molar-refractivity contribution in [2.45, 2.75) is 31.5 Å². The molecular weight excluding hydrogens is 304 g/mol. The highest BCUT2D eigenvalue weighted by Crippen LogP contribution is 2.23. The van der Waals surface area contributed by atoms with Crippen LogP contribution in [0.1, 0.15) is 13.3 Å². The van der Waals surface area contributed by atoms with Crippen LogP contribution in [-0.4, -0.2) is 55.3 Å². The topological polar surface area (TPSA) is 50.8 Å². The van der Waals surface area contributed by atoms with Gasteiger partial charge in [0.15, 0.2) is 6.61 Å². The average molecular weight is 325 g/mol. The molecule has 5 nitrogen and oxygen atoms in total. The number of nitrogens with zero attached hydrogens (tertiary/aromatic N) is 1. The summed E-state index contributed by atoms with van der Waals surface area (Å²) in [6.07, 6.45) is 1.22. The van der Waals surface area contributed by atoms with Crippen molar-refractivity contribution in [3.05, 3.63) is 29.3 Å². The van der Waals surface area contributed by atoms with Crippen LogP contribution in [0.15, 0.2) is 24.3 Å². The second kappa shape index (κ2) is 6.86. The molecule has 120 valence electrons. The van der Waals surface area contributed by atoms with E-state index in [0.29, 0.717) is 16.8 Å². The van der Waals surface area contributed by atoms with Gasteiger partial charge in [0, 0.05) is 30.2 Å². The van der Waals surface area contributed by atoms with Gasteiger partial charge in [-0.2, -0.15) is 0 Å². The van der Waals surface area contributed by atoms with E-state index in [2.05, 4.69) is 17.1 Å². The molecule has 0 aromatic heterocycles. The largest absolute Gasteiger partial charge is 0.484 e. The van der Waals surface area contributed by atoms with E-state index in [0.717, 1.165) is 26.1 Å². The zero-order valence-corrected chi connectivity index (χ0v) is 13.4. The van der Waals surface area contributed by atoms with Crippen LogP contribution in [0.5, 0.6) is 5.75 Å². The lowest BCUT2D eigenvalue weighted by molar-refractivity contribution is -0.123. The maximum atomic E-state index is 12.0. The first-order valence-electron chi connectivity index (χ1n) is 7.63. The molecule has 2 aliphatic heterocycles. The number of hydrogen-bond donors (Lipinski definition) is 1. The Labute approximate surface area is 135 Å². The van der Waals surface area contributed by atoms with Crippen molar-refractivity contribution in [1.29, 1.82) is 0 Å². The van der Waals surface area contributed by atoms with Crippen LogP contribution in [-0.2, 0) is 9.53 Å². The molecule has 0 aliphatic carbocycles. The predicted octanol–water partition coefficient (Wildman–Crippen LogP) is 1.70. The number of fused-ring (bicyclic) bond motifs is 1. The fraction of sp³-hybridized carbons (Fsp3) is 0.562. The van der Waals surface area contributed by atoms with Gasteiger partial charge in [-0.1, -0.05) is 11.6 Å². The van der Waals surface area contributed by atoms with Gasteiger partial charge in [0.25, 0.3) is 5.91 Å². The molecule has 1 aromatic rings. The number of nitrogens with one attached hydrogen (secondary N) is 1. The van der Waals surface area contributed by atoms with Crippen molar-refractivity contribution in [3.63, 3.8) is 0 Å². The minimum absolute atomic E-state index is 0.0235. The lowest BCUT2D eigenvalue weighted by Crippen LogP contribution is -2.45. The van der Waals surface area contributed by atoms with Crippen LogP contribution in [0.2, 0.25) is 5.02 Å². The van der Waals surface area contributed by atoms with E-state index in [-0.39, 0.29) is 24.7 Å². The zero-order valence-electron chi connectivity index (χ0n) is 12.6. The number of benzene rings is 1. The summed E-state index contributed by atoms with van der Waals surface area (Å²) >= 11 is 5.81. The van der Waals surface area contributed by atoms with Gasteiger partial charge in [0.05, 0.1) is 12.7 Å². The van der Waals surface area contributed by atoms with Crippen LogP contribution >= 0.6 is 11.6 Å². The second-order valence-corrected chi connectivity index (χ2v) is 6.43. The molecule has 2 aliphatic rings. The molecular formula is C16H21ClN2O3. The Hall–Kier alpha value is -1.30. The molecule has 2 heterocycles. The number of amides is 1. The first-order chi connectivity index (χ1) is 10.6. The normalized spacial score (nSPS) is 28.2. The Balaban J connectivity index is 1.43. The van der Waals surface area contributed by atoms with Crippen LogP contribution in [0.4, 0.5) is 0 Å². The number of halogens is 1. The van der Waals surface area contributed by atoms with E-state index < -0.39 is 0 Å². The predicted molar refractivity (Wildman–Crippen MR) is 84.3 cm³/mol. The van der Waals surface area contributed by atoms with Crippen molar-refractivity contribution in [2.75, 3.05) is 26.3 Å². The molecule has 2 saturated heterocycles. The van der Waals surface area contributed by atoms with Gasteiger partial charge in [0.1, 0.15) is 5.75 Å². The lowest BCUT2D eigenvalue weighted by Gasteiger charge is -2.33. The maximum Gasteiger partial charge on any atom is 0.258 e. The SMILES string of the molecule is C[C@H]1CN2C[C@H](NC(=O)COc3ccc(Cl)cc3)C[C@H]2CO1. The highest BCUT2D eigenvalue weighted by molar-refractivity contribution is 6.30. The van der Waals surface area contributed by atoms with E-state index in [1.807, 2.05) is 0 Å². The van der Waals surface area contributed by atoms with Gasteiger partial charge >= 0.3 is 0 Å². The molecule has 6 heteroatoms. The Morgan fingerprint density at radius 1 is 1.41 bits per heavy atom. The standard InChI is InChI=1S/C16H21ClN2O3/c1-11-7-19-8-13(6-14(19)9-21-11)18-16(20)10-22-15-4-2-12(17)3-5-15/h2-5,11,13-14H,6-10H2,1H3,(H,18,20)/t11-,13+,14-/m0/s1. The molecule has 0 saturated carbocycles. The summed E-state index contributed by atoms with van der Waals surface area (Å²) < 4.78 is 11.1. The highest BCUT2D eigenvalue weighted by Gasteiger charge is 2.36. The third-order valence-corrected chi connectivity index (χ3v) is 4.39. The van der Waals surface area contributed by atoms with Crippen molar-refractivity contribution >= 4 is 17.5 Å². The third kappa shape index (κ3) is 3.91. The Kier molecular flexibility index (Phi) is 4.86. The molecule has 3 rings (SSSR count). The van der Waals surface area contributed by atoms with Gasteiger partial charge in [-0.25, -0.2) is 0 Å². The Morgan fingerprint density at radius 2 is 2.18 bits per heavy atom. The van der Waals surface area contributed by atoms with E-state index in [4.69, 9.17) is 21.1 Å². The van der Waals surface area contributed by atoms with Crippen LogP contribution in [0, 0.1) is 0 Å². The first kappa shape index (κ1) is 15.6. The van der Waals surface area contributed by atoms with Crippen LogP contribution in [0.3, 0.4) is 0 Å². The van der Waals surface area contributed by atoms with Crippen molar-refractivity contribution in [1.82, 2.24) is 10.2 Å². The number of morpholine rings is 1. The average Bonchev–Trinajstić information content (AvgIpc) is 2.88. The molecule has 3 atom stereocenters. The summed E-state index contributed by atoms with van der Waals surface area (Å²) in [4.78, 5) is 14.4. The molecule has 0 radical (unpaired) electrons. The number of rotatable bonds is 4. The lowest BCUT2D eigenvalue weighted by atomic mass is 10.1. The maximum absolute atomic E-state index is 12.0. The minimum Gasteiger partial charge on any atom is -0.484 e. The molecule has 0 spiro atoms. The summed E-state index contributed by atoms with van der Waals surface area (Å²) in [6.45, 7) is 4.70. The van der Waals surface area contributed by atoms with E-state index in [1.165, 1.54) is 0 Å². The van der Waals surface area contributed by atoms with Crippen molar-refractivity contribution in [2.24, 2.45) is 0 Å². The van der Waals surface area contributed by atoms with E-state index in [1.54, 1.807) is 24.3 Å². The van der Waals surface area contributed by atoms with Crippen molar-refractivity contribution in [3.8, 4) is 5.75 Å². The molecule has 1 N–H and O–H groups in total. The molecule has 1 aromatic carbocycles. The van der Waals surface area contributed by atoms with Gasteiger partial charge in [-0.05, 0) is 37.6 Å². The summed E-state index contributed by atoms with van der Waals surface area (Å²) in [6, 6.07) is 7.60. The number of ether oxygens (including phenoxy) is 2. The van der Waals surface area contributed by atoms with Crippen LogP contribution in [0.25, 0.3) is 0 Å². The molecule has 22 heavy (non-hydrogen) atoms. The van der Waals surface area contributed by atoms with Gasteiger partial charge < -0.3 is 14.8 Å². The monoisotopic (exact) mass is 324 g/mol. The van der Waals surface area contributed by atoms with Crippen molar-refractivity contribution < 1.29 is 14.3 Å². The molecule has 0 bridgehead atoms. The minimum atomic E-state index is -0.0891. The number of hydrogen-bond acceptors (Lipinski definition) is 4. The number of carbonyl (C=O) groups excluding carboxylic acids is 1. The van der Waals surface area contributed by atoms with E-state index >= 15 is 0 Å². The van der Waals surface area contributed by atoms with Gasteiger partial charge in [0.2, 0.25) is 0 Å². The quantitative estimate of drug-likeness (QED) is 0.916. The highest BCUT2D eigenvalue weighted by atomic mass is 35.5. The Morgan fingerprint density at radius 3 is 2.95 bits per heavy atom. The zero-order chi connectivity index (χ0) is 15.5. The Bertz CT molecular complexity index is 523.